The predicted molar refractivity (Wildman–Crippen MR) is 78.4 cm³/mol. The van der Waals surface area contributed by atoms with Crippen LogP contribution in [0.5, 0.6) is 0 Å². The third-order valence-corrected chi connectivity index (χ3v) is 3.94. The van der Waals surface area contributed by atoms with Crippen LogP contribution in [0.25, 0.3) is 10.2 Å². The van der Waals surface area contributed by atoms with E-state index in [-0.39, 0.29) is 5.82 Å². The normalized spacial score (nSPS) is 10.8. The summed E-state index contributed by atoms with van der Waals surface area (Å²) in [5.74, 6) is -0.224. The number of thiazole rings is 1. The maximum atomic E-state index is 12.8. The number of benzene rings is 2. The minimum atomic E-state index is -0.224. The summed E-state index contributed by atoms with van der Waals surface area (Å²) >= 11 is 7.50. The number of hydrogen-bond donors (Lipinski definition) is 1. The molecule has 96 valence electrons. The molecule has 0 atom stereocenters. The number of fused-ring (bicyclic) bond motifs is 1. The van der Waals surface area contributed by atoms with Crippen LogP contribution in [0.2, 0.25) is 5.02 Å². The molecule has 0 aliphatic carbocycles. The van der Waals surface area contributed by atoms with Crippen molar-refractivity contribution in [3.63, 3.8) is 0 Å². The van der Waals surface area contributed by atoms with E-state index in [1.165, 1.54) is 12.1 Å². The van der Waals surface area contributed by atoms with Crippen LogP contribution in [-0.2, 0) is 6.54 Å². The molecule has 2 nitrogen and oxygen atoms in total. The highest BCUT2D eigenvalue weighted by Gasteiger charge is 2.04. The van der Waals surface area contributed by atoms with Gasteiger partial charge < -0.3 is 5.32 Å². The van der Waals surface area contributed by atoms with E-state index < -0.39 is 0 Å². The van der Waals surface area contributed by atoms with E-state index in [4.69, 9.17) is 11.6 Å². The molecular formula is C14H10ClFN2S. The Bertz CT molecular complexity index is 709. The SMILES string of the molecule is Fc1ccc(CNc2nc3cc(Cl)ccc3s2)cc1. The largest absolute Gasteiger partial charge is 0.357 e. The summed E-state index contributed by atoms with van der Waals surface area (Å²) in [6.07, 6.45) is 0. The highest BCUT2D eigenvalue weighted by atomic mass is 35.5. The monoisotopic (exact) mass is 292 g/mol. The summed E-state index contributed by atoms with van der Waals surface area (Å²) in [7, 11) is 0. The average Bonchev–Trinajstić information content (AvgIpc) is 2.80. The van der Waals surface area contributed by atoms with Gasteiger partial charge in [-0.05, 0) is 35.9 Å². The zero-order chi connectivity index (χ0) is 13.2. The van der Waals surface area contributed by atoms with E-state index >= 15 is 0 Å². The Morgan fingerprint density at radius 1 is 1.16 bits per heavy atom. The number of nitrogens with zero attached hydrogens (tertiary/aromatic N) is 1. The fourth-order valence-corrected chi connectivity index (χ4v) is 2.76. The Labute approximate surface area is 118 Å². The van der Waals surface area contributed by atoms with Crippen molar-refractivity contribution in [1.29, 1.82) is 0 Å². The topological polar surface area (TPSA) is 24.9 Å². The Morgan fingerprint density at radius 2 is 1.95 bits per heavy atom. The number of hydrogen-bond acceptors (Lipinski definition) is 3. The fraction of sp³-hybridized carbons (Fsp3) is 0.0714. The molecule has 0 unspecified atom stereocenters. The molecule has 0 bridgehead atoms. The molecule has 3 aromatic rings. The van der Waals surface area contributed by atoms with Gasteiger partial charge in [0.05, 0.1) is 10.2 Å². The summed E-state index contributed by atoms with van der Waals surface area (Å²) in [5.41, 5.74) is 1.90. The van der Waals surface area contributed by atoms with E-state index in [9.17, 15) is 4.39 Å². The van der Waals surface area contributed by atoms with Crippen molar-refractivity contribution in [2.24, 2.45) is 0 Å². The van der Waals surface area contributed by atoms with E-state index in [0.29, 0.717) is 11.6 Å². The molecule has 2 aromatic carbocycles. The number of halogens is 2. The van der Waals surface area contributed by atoms with Gasteiger partial charge in [-0.3, -0.25) is 0 Å². The van der Waals surface area contributed by atoms with Crippen LogP contribution in [0.1, 0.15) is 5.56 Å². The Balaban J connectivity index is 1.76. The third-order valence-electron chi connectivity index (χ3n) is 2.71. The molecule has 0 aliphatic heterocycles. The molecule has 3 rings (SSSR count). The lowest BCUT2D eigenvalue weighted by Gasteiger charge is -2.02. The van der Waals surface area contributed by atoms with Crippen LogP contribution in [0.3, 0.4) is 0 Å². The van der Waals surface area contributed by atoms with Crippen LogP contribution >= 0.6 is 22.9 Å². The zero-order valence-electron chi connectivity index (χ0n) is 9.86. The van der Waals surface area contributed by atoms with Gasteiger partial charge in [0, 0.05) is 11.6 Å². The average molecular weight is 293 g/mol. The standard InChI is InChI=1S/C14H10ClFN2S/c15-10-3-6-13-12(7-10)18-14(19-13)17-8-9-1-4-11(16)5-2-9/h1-7H,8H2,(H,17,18). The van der Waals surface area contributed by atoms with Gasteiger partial charge in [-0.25, -0.2) is 9.37 Å². The van der Waals surface area contributed by atoms with Crippen molar-refractivity contribution >= 4 is 38.3 Å². The maximum Gasteiger partial charge on any atom is 0.184 e. The molecule has 0 saturated carbocycles. The number of anilines is 1. The van der Waals surface area contributed by atoms with E-state index in [1.54, 1.807) is 23.5 Å². The predicted octanol–water partition coefficient (Wildman–Crippen LogP) is 4.70. The first-order valence-corrected chi connectivity index (χ1v) is 6.94. The van der Waals surface area contributed by atoms with Gasteiger partial charge in [0.15, 0.2) is 5.13 Å². The molecule has 0 radical (unpaired) electrons. The molecule has 1 aromatic heterocycles. The molecular weight excluding hydrogens is 283 g/mol. The maximum absolute atomic E-state index is 12.8. The highest BCUT2D eigenvalue weighted by molar-refractivity contribution is 7.22. The highest BCUT2D eigenvalue weighted by Crippen LogP contribution is 2.28. The lowest BCUT2D eigenvalue weighted by molar-refractivity contribution is 0.627. The molecule has 0 fully saturated rings. The fourth-order valence-electron chi connectivity index (χ4n) is 1.76. The lowest BCUT2D eigenvalue weighted by atomic mass is 10.2. The van der Waals surface area contributed by atoms with Crippen LogP contribution in [-0.4, -0.2) is 4.98 Å². The second kappa shape index (κ2) is 5.15. The van der Waals surface area contributed by atoms with E-state index in [2.05, 4.69) is 10.3 Å². The summed E-state index contributed by atoms with van der Waals surface area (Å²) in [4.78, 5) is 4.46. The molecule has 5 heteroatoms. The molecule has 0 saturated heterocycles. The van der Waals surface area contributed by atoms with Crippen molar-refractivity contribution in [3.8, 4) is 0 Å². The Morgan fingerprint density at radius 3 is 2.74 bits per heavy atom. The smallest absolute Gasteiger partial charge is 0.184 e. The first-order chi connectivity index (χ1) is 9.20. The number of nitrogens with one attached hydrogen (secondary N) is 1. The quantitative estimate of drug-likeness (QED) is 0.757. The van der Waals surface area contributed by atoms with Crippen LogP contribution < -0.4 is 5.32 Å². The first-order valence-electron chi connectivity index (χ1n) is 5.75. The molecule has 0 spiro atoms. The van der Waals surface area contributed by atoms with Gasteiger partial charge in [-0.1, -0.05) is 35.1 Å². The van der Waals surface area contributed by atoms with Gasteiger partial charge in [-0.2, -0.15) is 0 Å². The number of rotatable bonds is 3. The minimum absolute atomic E-state index is 0.224. The molecule has 1 N–H and O–H groups in total. The van der Waals surface area contributed by atoms with Crippen LogP contribution in [0, 0.1) is 5.82 Å². The Kier molecular flexibility index (Phi) is 3.36. The van der Waals surface area contributed by atoms with Gasteiger partial charge in [0.2, 0.25) is 0 Å². The number of aromatic nitrogens is 1. The van der Waals surface area contributed by atoms with E-state index in [1.807, 2.05) is 18.2 Å². The first kappa shape index (κ1) is 12.4. The van der Waals surface area contributed by atoms with Gasteiger partial charge in [-0.15, -0.1) is 0 Å². The van der Waals surface area contributed by atoms with Gasteiger partial charge in [0.25, 0.3) is 0 Å². The third kappa shape index (κ3) is 2.85. The van der Waals surface area contributed by atoms with Crippen molar-refractivity contribution < 1.29 is 4.39 Å². The Hall–Kier alpha value is -1.65. The van der Waals surface area contributed by atoms with Gasteiger partial charge in [0.1, 0.15) is 5.82 Å². The molecule has 0 aliphatic rings. The molecule has 19 heavy (non-hydrogen) atoms. The van der Waals surface area contributed by atoms with Gasteiger partial charge >= 0.3 is 0 Å². The zero-order valence-corrected chi connectivity index (χ0v) is 11.4. The second-order valence-electron chi connectivity index (χ2n) is 4.11. The second-order valence-corrected chi connectivity index (χ2v) is 5.58. The van der Waals surface area contributed by atoms with Crippen LogP contribution in [0.15, 0.2) is 42.5 Å². The van der Waals surface area contributed by atoms with Crippen molar-refractivity contribution in [2.75, 3.05) is 5.32 Å². The lowest BCUT2D eigenvalue weighted by Crippen LogP contribution is -1.98. The summed E-state index contributed by atoms with van der Waals surface area (Å²) < 4.78 is 13.9. The summed E-state index contributed by atoms with van der Waals surface area (Å²) in [5, 5.41) is 4.75. The minimum Gasteiger partial charge on any atom is -0.357 e. The molecule has 0 amide bonds. The molecule has 1 heterocycles. The van der Waals surface area contributed by atoms with Crippen molar-refractivity contribution in [3.05, 3.63) is 58.9 Å². The summed E-state index contributed by atoms with van der Waals surface area (Å²) in [6.45, 7) is 0.619. The van der Waals surface area contributed by atoms with Crippen LogP contribution in [0.4, 0.5) is 9.52 Å². The summed E-state index contributed by atoms with van der Waals surface area (Å²) in [6, 6.07) is 12.1. The van der Waals surface area contributed by atoms with Crippen molar-refractivity contribution in [2.45, 2.75) is 6.54 Å². The van der Waals surface area contributed by atoms with Crippen molar-refractivity contribution in [1.82, 2.24) is 4.98 Å². The van der Waals surface area contributed by atoms with E-state index in [0.717, 1.165) is 20.9 Å².